The summed E-state index contributed by atoms with van der Waals surface area (Å²) in [4.78, 5) is 9.25. The molecule has 0 amide bonds. The third kappa shape index (κ3) is 3.76. The molecule has 1 unspecified atom stereocenters. The lowest BCUT2D eigenvalue weighted by Gasteiger charge is -2.36. The van der Waals surface area contributed by atoms with Crippen LogP contribution in [0.4, 0.5) is 5.95 Å². The second kappa shape index (κ2) is 7.37. The Morgan fingerprint density at radius 2 is 2.15 bits per heavy atom. The van der Waals surface area contributed by atoms with Gasteiger partial charge in [0.05, 0.1) is 13.2 Å². The number of aromatic nitrogens is 2. The summed E-state index contributed by atoms with van der Waals surface area (Å²) in [7, 11) is 0. The van der Waals surface area contributed by atoms with E-state index in [4.69, 9.17) is 20.2 Å². The van der Waals surface area contributed by atoms with Crippen molar-refractivity contribution in [1.82, 2.24) is 9.97 Å². The maximum Gasteiger partial charge on any atom is 0.223 e. The molecule has 6 heteroatoms. The third-order valence-corrected chi connectivity index (χ3v) is 5.77. The summed E-state index contributed by atoms with van der Waals surface area (Å²) in [5.74, 6) is 1.47. The van der Waals surface area contributed by atoms with Gasteiger partial charge in [-0.1, -0.05) is 19.1 Å². The highest BCUT2D eigenvalue weighted by molar-refractivity contribution is 5.84. The molecular weight excluding hydrogens is 328 g/mol. The van der Waals surface area contributed by atoms with E-state index in [-0.39, 0.29) is 11.6 Å². The molecule has 1 aliphatic carbocycles. The Morgan fingerprint density at radius 3 is 2.88 bits per heavy atom. The molecule has 2 aromatic rings. The fourth-order valence-corrected chi connectivity index (χ4v) is 3.85. The van der Waals surface area contributed by atoms with Crippen LogP contribution >= 0.6 is 0 Å². The predicted molar refractivity (Wildman–Crippen MR) is 102 cm³/mol. The van der Waals surface area contributed by atoms with Gasteiger partial charge in [-0.15, -0.1) is 0 Å². The molecule has 1 atom stereocenters. The fourth-order valence-electron chi connectivity index (χ4n) is 3.85. The highest BCUT2D eigenvalue weighted by Crippen LogP contribution is 2.31. The first-order valence-corrected chi connectivity index (χ1v) is 9.71. The van der Waals surface area contributed by atoms with Crippen LogP contribution in [0.2, 0.25) is 0 Å². The van der Waals surface area contributed by atoms with Crippen molar-refractivity contribution in [2.75, 3.05) is 18.5 Å². The van der Waals surface area contributed by atoms with Gasteiger partial charge >= 0.3 is 0 Å². The molecule has 140 valence electrons. The first-order chi connectivity index (χ1) is 12.6. The lowest BCUT2D eigenvalue weighted by atomic mass is 9.78. The molecule has 3 N–H and O–H groups in total. The molecule has 2 fully saturated rings. The van der Waals surface area contributed by atoms with Gasteiger partial charge in [0.15, 0.2) is 0 Å². The van der Waals surface area contributed by atoms with Crippen LogP contribution in [0.25, 0.3) is 10.9 Å². The van der Waals surface area contributed by atoms with Gasteiger partial charge in [-0.3, -0.25) is 0 Å². The van der Waals surface area contributed by atoms with Gasteiger partial charge in [-0.2, -0.15) is 0 Å². The van der Waals surface area contributed by atoms with Gasteiger partial charge in [0.25, 0.3) is 0 Å². The van der Waals surface area contributed by atoms with Crippen molar-refractivity contribution < 1.29 is 9.47 Å². The average Bonchev–Trinajstić information content (AvgIpc) is 3.17. The number of benzene rings is 1. The molecule has 2 aliphatic rings. The zero-order valence-corrected chi connectivity index (χ0v) is 15.4. The van der Waals surface area contributed by atoms with E-state index in [1.807, 2.05) is 24.4 Å². The normalized spacial score (nSPS) is 29.0. The van der Waals surface area contributed by atoms with Gasteiger partial charge in [0.1, 0.15) is 17.4 Å². The molecule has 1 aliphatic heterocycles. The molecule has 0 bridgehead atoms. The van der Waals surface area contributed by atoms with Gasteiger partial charge in [0, 0.05) is 29.6 Å². The lowest BCUT2D eigenvalue weighted by molar-refractivity contribution is 0.142. The number of nitrogens with zero attached hydrogens (tertiary/aromatic N) is 2. The van der Waals surface area contributed by atoms with Crippen molar-refractivity contribution in [3.8, 4) is 5.75 Å². The number of ether oxygens (including phenoxy) is 2. The number of hydrogen-bond donors (Lipinski definition) is 2. The van der Waals surface area contributed by atoms with Crippen LogP contribution in [0.1, 0.15) is 45.4 Å². The maximum atomic E-state index is 6.40. The first-order valence-electron chi connectivity index (χ1n) is 9.71. The monoisotopic (exact) mass is 356 g/mol. The maximum absolute atomic E-state index is 6.40. The first kappa shape index (κ1) is 17.5. The summed E-state index contributed by atoms with van der Waals surface area (Å²) in [6.45, 7) is 3.59. The summed E-state index contributed by atoms with van der Waals surface area (Å²) in [5.41, 5.74) is 7.26. The van der Waals surface area contributed by atoms with Crippen LogP contribution in [0.3, 0.4) is 0 Å². The summed E-state index contributed by atoms with van der Waals surface area (Å²) in [6.07, 6.45) is 8.15. The lowest BCUT2D eigenvalue weighted by Crippen LogP contribution is -2.45. The van der Waals surface area contributed by atoms with Gasteiger partial charge in [-0.25, -0.2) is 9.97 Å². The Morgan fingerprint density at radius 1 is 1.31 bits per heavy atom. The number of para-hydroxylation sites is 1. The number of nitrogens with two attached hydrogens (primary N) is 1. The van der Waals surface area contributed by atoms with E-state index in [1.54, 1.807) is 0 Å². The van der Waals surface area contributed by atoms with Crippen molar-refractivity contribution in [2.45, 2.75) is 63.1 Å². The molecule has 6 nitrogen and oxygen atoms in total. The van der Waals surface area contributed by atoms with E-state index in [1.165, 1.54) is 0 Å². The molecule has 2 heterocycles. The van der Waals surface area contributed by atoms with Gasteiger partial charge < -0.3 is 20.5 Å². The van der Waals surface area contributed by atoms with E-state index in [0.29, 0.717) is 18.6 Å². The quantitative estimate of drug-likeness (QED) is 0.856. The van der Waals surface area contributed by atoms with Crippen LogP contribution in [0.5, 0.6) is 5.75 Å². The SMILES string of the molecule is CCC1(N)CCC(Nc2ncc3cccc(OC4CCOC4)c3n2)CC1. The van der Waals surface area contributed by atoms with E-state index in [0.717, 1.165) is 61.8 Å². The fraction of sp³-hybridized carbons (Fsp3) is 0.600. The van der Waals surface area contributed by atoms with Crippen LogP contribution in [-0.2, 0) is 4.74 Å². The minimum Gasteiger partial charge on any atom is -0.486 e. The smallest absolute Gasteiger partial charge is 0.223 e. The van der Waals surface area contributed by atoms with Crippen LogP contribution in [-0.4, -0.2) is 40.9 Å². The highest BCUT2D eigenvalue weighted by Gasteiger charge is 2.30. The molecule has 1 aromatic heterocycles. The van der Waals surface area contributed by atoms with Crippen molar-refractivity contribution in [1.29, 1.82) is 0 Å². The number of hydrogen-bond acceptors (Lipinski definition) is 6. The molecule has 1 saturated carbocycles. The van der Waals surface area contributed by atoms with E-state index >= 15 is 0 Å². The number of anilines is 1. The average molecular weight is 356 g/mol. The zero-order valence-electron chi connectivity index (χ0n) is 15.4. The Balaban J connectivity index is 1.49. The van der Waals surface area contributed by atoms with Crippen LogP contribution < -0.4 is 15.8 Å². The summed E-state index contributed by atoms with van der Waals surface area (Å²) in [5, 5.41) is 4.49. The molecule has 0 radical (unpaired) electrons. The molecule has 1 aromatic carbocycles. The second-order valence-electron chi connectivity index (χ2n) is 7.63. The number of fused-ring (bicyclic) bond motifs is 1. The molecular formula is C20H28N4O2. The molecule has 1 saturated heterocycles. The largest absolute Gasteiger partial charge is 0.486 e. The molecule has 0 spiro atoms. The summed E-state index contributed by atoms with van der Waals surface area (Å²) >= 11 is 0. The van der Waals surface area contributed by atoms with Gasteiger partial charge in [0.2, 0.25) is 5.95 Å². The van der Waals surface area contributed by atoms with Crippen LogP contribution in [0, 0.1) is 0 Å². The van der Waals surface area contributed by atoms with Crippen molar-refractivity contribution >= 4 is 16.9 Å². The van der Waals surface area contributed by atoms with Crippen LogP contribution in [0.15, 0.2) is 24.4 Å². The Labute approximate surface area is 154 Å². The van der Waals surface area contributed by atoms with Gasteiger partial charge in [-0.05, 0) is 38.2 Å². The Kier molecular flexibility index (Phi) is 4.96. The minimum absolute atomic E-state index is 0.00673. The third-order valence-electron chi connectivity index (χ3n) is 5.77. The van der Waals surface area contributed by atoms with Crippen molar-refractivity contribution in [3.05, 3.63) is 24.4 Å². The Hall–Kier alpha value is -1.92. The highest BCUT2D eigenvalue weighted by atomic mass is 16.5. The van der Waals surface area contributed by atoms with E-state index < -0.39 is 0 Å². The topological polar surface area (TPSA) is 82.3 Å². The zero-order chi connectivity index (χ0) is 18.0. The summed E-state index contributed by atoms with van der Waals surface area (Å²) < 4.78 is 11.5. The standard InChI is InChI=1S/C20H28N4O2/c1-2-20(21)9-6-15(7-10-20)23-19-22-12-14-4-3-5-17(18(14)24-19)26-16-8-11-25-13-16/h3-5,12,15-16H,2,6-11,13,21H2,1H3,(H,22,23,24). The van der Waals surface area contributed by atoms with E-state index in [2.05, 4.69) is 17.2 Å². The number of nitrogens with one attached hydrogen (secondary N) is 1. The molecule has 4 rings (SSSR count). The number of rotatable bonds is 5. The van der Waals surface area contributed by atoms with E-state index in [9.17, 15) is 0 Å². The summed E-state index contributed by atoms with van der Waals surface area (Å²) in [6, 6.07) is 6.35. The minimum atomic E-state index is 0.00673. The molecule has 26 heavy (non-hydrogen) atoms. The second-order valence-corrected chi connectivity index (χ2v) is 7.63. The Bertz CT molecular complexity index is 753. The van der Waals surface area contributed by atoms with Crippen molar-refractivity contribution in [2.24, 2.45) is 5.73 Å². The predicted octanol–water partition coefficient (Wildman–Crippen LogP) is 3.26. The van der Waals surface area contributed by atoms with Crippen molar-refractivity contribution in [3.63, 3.8) is 0 Å².